The van der Waals surface area contributed by atoms with E-state index >= 15 is 0 Å². The molecule has 8 aromatic carbocycles. The number of hydrogen-bond donors (Lipinski definition) is 0. The molecule has 54 heavy (non-hydrogen) atoms. The van der Waals surface area contributed by atoms with E-state index in [1.807, 2.05) is 11.3 Å². The van der Waals surface area contributed by atoms with E-state index in [0.29, 0.717) is 11.8 Å². The van der Waals surface area contributed by atoms with E-state index < -0.39 is 0 Å². The Morgan fingerprint density at radius 1 is 0.500 bits per heavy atom. The molecule has 0 N–H and O–H groups in total. The Morgan fingerprint density at radius 2 is 1.13 bits per heavy atom. The molecule has 2 aromatic heterocycles. The molecule has 0 fully saturated rings. The highest BCUT2D eigenvalue weighted by atomic mass is 32.1. The van der Waals surface area contributed by atoms with Crippen LogP contribution in [0.1, 0.15) is 50.7 Å². The van der Waals surface area contributed by atoms with Crippen molar-refractivity contribution >= 4 is 64.1 Å². The summed E-state index contributed by atoms with van der Waals surface area (Å²) in [6, 6.07) is 58.0. The molecular weight excluding hydrogens is 673 g/mol. The minimum absolute atomic E-state index is 0.294. The third-order valence-electron chi connectivity index (χ3n) is 11.1. The summed E-state index contributed by atoms with van der Waals surface area (Å²) in [5, 5.41) is 7.70. The lowest BCUT2D eigenvalue weighted by Gasteiger charge is -2.24. The van der Waals surface area contributed by atoms with Crippen molar-refractivity contribution in [3.8, 4) is 39.3 Å². The summed E-state index contributed by atoms with van der Waals surface area (Å²) in [6.45, 7) is 9.29. The van der Waals surface area contributed by atoms with Crippen LogP contribution in [-0.4, -0.2) is 9.55 Å². The first-order chi connectivity index (χ1) is 26.4. The van der Waals surface area contributed by atoms with Crippen LogP contribution >= 0.6 is 11.3 Å². The third-order valence-corrected chi connectivity index (χ3v) is 12.3. The number of aromatic nitrogens is 2. The molecule has 2 heterocycles. The van der Waals surface area contributed by atoms with Gasteiger partial charge in [0.2, 0.25) is 0 Å². The summed E-state index contributed by atoms with van der Waals surface area (Å²) in [6.07, 6.45) is 0. The highest BCUT2D eigenvalue weighted by molar-refractivity contribution is 7.26. The number of fused-ring (bicyclic) bond motifs is 7. The first-order valence-corrected chi connectivity index (χ1v) is 19.8. The van der Waals surface area contributed by atoms with Crippen molar-refractivity contribution in [1.82, 2.24) is 9.55 Å². The molecule has 0 saturated carbocycles. The van der Waals surface area contributed by atoms with E-state index in [9.17, 15) is 0 Å². The fraction of sp³-hybridized carbons (Fsp3) is 0.118. The molecule has 10 rings (SSSR count). The first-order valence-electron chi connectivity index (χ1n) is 19.0. The van der Waals surface area contributed by atoms with Gasteiger partial charge in [0, 0.05) is 25.7 Å². The fourth-order valence-electron chi connectivity index (χ4n) is 8.46. The number of imidazole rings is 1. The van der Waals surface area contributed by atoms with Gasteiger partial charge in [0.05, 0.1) is 16.7 Å². The third kappa shape index (κ3) is 5.18. The quantitative estimate of drug-likeness (QED) is 0.157. The Bertz CT molecular complexity index is 3010. The van der Waals surface area contributed by atoms with Gasteiger partial charge in [-0.25, -0.2) is 4.98 Å². The maximum atomic E-state index is 5.53. The maximum Gasteiger partial charge on any atom is 0.147 e. The molecule has 0 saturated heterocycles. The highest BCUT2D eigenvalue weighted by Crippen LogP contribution is 2.48. The van der Waals surface area contributed by atoms with Gasteiger partial charge in [0.25, 0.3) is 0 Å². The van der Waals surface area contributed by atoms with Gasteiger partial charge in [0.15, 0.2) is 0 Å². The normalized spacial score (nSPS) is 12.0. The number of benzene rings is 8. The van der Waals surface area contributed by atoms with Crippen LogP contribution in [-0.2, 0) is 0 Å². The fourth-order valence-corrected chi connectivity index (χ4v) is 9.72. The van der Waals surface area contributed by atoms with Crippen molar-refractivity contribution < 1.29 is 0 Å². The topological polar surface area (TPSA) is 17.8 Å². The van der Waals surface area contributed by atoms with E-state index in [1.54, 1.807) is 0 Å². The summed E-state index contributed by atoms with van der Waals surface area (Å²) in [4.78, 5) is 5.53. The van der Waals surface area contributed by atoms with Crippen LogP contribution in [0.15, 0.2) is 158 Å². The molecule has 0 aliphatic heterocycles. The molecule has 0 atom stereocenters. The van der Waals surface area contributed by atoms with Crippen LogP contribution in [0, 0.1) is 0 Å². The van der Waals surface area contributed by atoms with Crippen LogP contribution in [0.3, 0.4) is 0 Å². The van der Waals surface area contributed by atoms with Crippen molar-refractivity contribution in [2.75, 3.05) is 0 Å². The molecule has 2 nitrogen and oxygen atoms in total. The molecule has 0 aliphatic carbocycles. The highest BCUT2D eigenvalue weighted by Gasteiger charge is 2.26. The monoisotopic (exact) mass is 712 g/mol. The Balaban J connectivity index is 1.32. The lowest BCUT2D eigenvalue weighted by Crippen LogP contribution is -2.09. The minimum atomic E-state index is 0.294. The van der Waals surface area contributed by atoms with Gasteiger partial charge in [-0.05, 0) is 109 Å². The molecule has 260 valence electrons. The maximum absolute atomic E-state index is 5.53. The summed E-state index contributed by atoms with van der Waals surface area (Å²) >= 11 is 1.90. The second-order valence-electron chi connectivity index (χ2n) is 15.1. The zero-order valence-corrected chi connectivity index (χ0v) is 31.8. The molecule has 0 unspecified atom stereocenters. The summed E-state index contributed by atoms with van der Waals surface area (Å²) < 4.78 is 5.04. The van der Waals surface area contributed by atoms with Crippen molar-refractivity contribution in [2.24, 2.45) is 0 Å². The lowest BCUT2D eigenvalue weighted by atomic mass is 9.88. The van der Waals surface area contributed by atoms with Crippen LogP contribution in [0.2, 0.25) is 0 Å². The second kappa shape index (κ2) is 12.8. The zero-order chi connectivity index (χ0) is 36.5. The predicted molar refractivity (Wildman–Crippen MR) is 233 cm³/mol. The van der Waals surface area contributed by atoms with Crippen molar-refractivity contribution in [3.05, 3.63) is 169 Å². The average Bonchev–Trinajstić information content (AvgIpc) is 3.78. The summed E-state index contributed by atoms with van der Waals surface area (Å²) in [7, 11) is 0. The van der Waals surface area contributed by atoms with Gasteiger partial charge in [-0.15, -0.1) is 11.3 Å². The molecule has 0 bridgehead atoms. The second-order valence-corrected chi connectivity index (χ2v) is 16.2. The van der Waals surface area contributed by atoms with Crippen molar-refractivity contribution in [2.45, 2.75) is 39.5 Å². The number of rotatable bonds is 6. The summed E-state index contributed by atoms with van der Waals surface area (Å²) in [5.74, 6) is 1.57. The Labute approximate surface area is 320 Å². The number of thiophene rings is 1. The van der Waals surface area contributed by atoms with E-state index in [2.05, 4.69) is 190 Å². The molecule has 10 aromatic rings. The van der Waals surface area contributed by atoms with Gasteiger partial charge in [-0.2, -0.15) is 0 Å². The number of nitrogens with zero attached hydrogens (tertiary/aromatic N) is 2. The van der Waals surface area contributed by atoms with E-state index in [0.717, 1.165) is 22.4 Å². The molecule has 0 radical (unpaired) electrons. The van der Waals surface area contributed by atoms with E-state index in [4.69, 9.17) is 4.98 Å². The number of hydrogen-bond acceptors (Lipinski definition) is 2. The van der Waals surface area contributed by atoms with Crippen LogP contribution in [0.4, 0.5) is 0 Å². The Kier molecular flexibility index (Phi) is 7.75. The standard InChI is InChI=1S/C51H40N2S/c1-31(2)41-28-37(33-15-7-5-8-16-33)29-42(32(3)4)49(41)53-46-22-14-13-21-45(46)52-51(53)40-26-25-39(34-17-9-6-10-18-34)48-44-27-36-24-23-35-19-11-12-20-38(35)43(36)30-47(44)54-50(40)48/h5-32H,1-4H3. The summed E-state index contributed by atoms with van der Waals surface area (Å²) in [5.41, 5.74) is 12.2. The van der Waals surface area contributed by atoms with Crippen LogP contribution < -0.4 is 0 Å². The van der Waals surface area contributed by atoms with Crippen LogP contribution in [0.5, 0.6) is 0 Å². The van der Waals surface area contributed by atoms with Crippen LogP contribution in [0.25, 0.3) is 92.1 Å². The Hall–Kier alpha value is -6.03. The number of para-hydroxylation sites is 2. The molecule has 0 spiro atoms. The molecule has 3 heteroatoms. The van der Waals surface area contributed by atoms with Crippen molar-refractivity contribution in [3.63, 3.8) is 0 Å². The first kappa shape index (κ1) is 32.6. The SMILES string of the molecule is CC(C)c1cc(-c2ccccc2)cc(C(C)C)c1-n1c(-c2ccc(-c3ccccc3)c3c2sc2cc4c(ccc5ccccc54)cc23)nc2ccccc21. The van der Waals surface area contributed by atoms with Gasteiger partial charge in [-0.3, -0.25) is 4.57 Å². The predicted octanol–water partition coefficient (Wildman–Crippen LogP) is 14.9. The van der Waals surface area contributed by atoms with Gasteiger partial charge >= 0.3 is 0 Å². The molecule has 0 amide bonds. The van der Waals surface area contributed by atoms with Crippen molar-refractivity contribution in [1.29, 1.82) is 0 Å². The van der Waals surface area contributed by atoms with E-state index in [-0.39, 0.29) is 0 Å². The smallest absolute Gasteiger partial charge is 0.147 e. The van der Waals surface area contributed by atoms with E-state index in [1.165, 1.54) is 80.8 Å². The molecule has 0 aliphatic rings. The van der Waals surface area contributed by atoms with Gasteiger partial charge < -0.3 is 0 Å². The minimum Gasteiger partial charge on any atom is -0.292 e. The van der Waals surface area contributed by atoms with Gasteiger partial charge in [-0.1, -0.05) is 143 Å². The zero-order valence-electron chi connectivity index (χ0n) is 31.0. The molecular formula is C51H40N2S. The lowest BCUT2D eigenvalue weighted by molar-refractivity contribution is 0.812. The largest absolute Gasteiger partial charge is 0.292 e. The average molecular weight is 713 g/mol. The van der Waals surface area contributed by atoms with Gasteiger partial charge in [0.1, 0.15) is 5.82 Å². The Morgan fingerprint density at radius 3 is 1.87 bits per heavy atom.